The second kappa shape index (κ2) is 8.77. The van der Waals surface area contributed by atoms with E-state index in [1.54, 1.807) is 0 Å². The van der Waals surface area contributed by atoms with E-state index < -0.39 is 0 Å². The Kier molecular flexibility index (Phi) is 7.30. The third kappa shape index (κ3) is 6.45. The maximum Gasteiger partial charge on any atom is 0.315 e. The number of hydrogen-bond acceptors (Lipinski definition) is 2. The lowest BCUT2D eigenvalue weighted by molar-refractivity contribution is 0.214. The number of urea groups is 1. The topological polar surface area (TPSA) is 61.4 Å². The Hall–Kier alpha value is -1.26. The minimum Gasteiger partial charge on any atom is -0.394 e. The van der Waals surface area contributed by atoms with Gasteiger partial charge in [0.25, 0.3) is 0 Å². The van der Waals surface area contributed by atoms with Crippen molar-refractivity contribution in [2.75, 3.05) is 13.2 Å². The molecule has 0 spiro atoms. The van der Waals surface area contributed by atoms with Gasteiger partial charge in [0.05, 0.1) is 12.6 Å². The van der Waals surface area contributed by atoms with E-state index in [2.05, 4.69) is 10.6 Å². The lowest BCUT2D eigenvalue weighted by atomic mass is 10.1. The quantitative estimate of drug-likeness (QED) is 0.673. The summed E-state index contributed by atoms with van der Waals surface area (Å²) in [6.45, 7) is 2.49. The summed E-state index contributed by atoms with van der Waals surface area (Å²) in [5, 5.41) is 15.2. The van der Waals surface area contributed by atoms with Crippen LogP contribution in [-0.2, 0) is 6.42 Å². The summed E-state index contributed by atoms with van der Waals surface area (Å²) in [4.78, 5) is 11.5. The lowest BCUT2D eigenvalue weighted by Crippen LogP contribution is -2.43. The summed E-state index contributed by atoms with van der Waals surface area (Å²) >= 11 is 5.80. The van der Waals surface area contributed by atoms with Gasteiger partial charge in [0.15, 0.2) is 0 Å². The largest absolute Gasteiger partial charge is 0.394 e. The molecule has 0 aliphatic carbocycles. The van der Waals surface area contributed by atoms with Gasteiger partial charge in [0.2, 0.25) is 0 Å². The van der Waals surface area contributed by atoms with Crippen molar-refractivity contribution in [1.82, 2.24) is 10.6 Å². The molecular weight excluding hydrogens is 264 g/mol. The zero-order valence-electron chi connectivity index (χ0n) is 11.2. The van der Waals surface area contributed by atoms with Crippen molar-refractivity contribution in [1.29, 1.82) is 0 Å². The highest BCUT2D eigenvalue weighted by molar-refractivity contribution is 6.30. The Morgan fingerprint density at radius 3 is 2.63 bits per heavy atom. The molecule has 2 amide bonds. The monoisotopic (exact) mass is 284 g/mol. The average molecular weight is 285 g/mol. The second-order valence-electron chi connectivity index (χ2n) is 4.42. The van der Waals surface area contributed by atoms with Crippen LogP contribution in [0.3, 0.4) is 0 Å². The number of carbonyl (C=O) groups is 1. The maximum atomic E-state index is 11.5. The maximum absolute atomic E-state index is 11.5. The van der Waals surface area contributed by atoms with Gasteiger partial charge in [-0.3, -0.25) is 0 Å². The number of nitrogens with one attached hydrogen (secondary N) is 2. The van der Waals surface area contributed by atoms with Gasteiger partial charge in [-0.05, 0) is 37.0 Å². The molecule has 0 fully saturated rings. The van der Waals surface area contributed by atoms with Gasteiger partial charge in [0, 0.05) is 11.6 Å². The fourth-order valence-electron chi connectivity index (χ4n) is 1.66. The van der Waals surface area contributed by atoms with Crippen LogP contribution in [0.1, 0.15) is 25.3 Å². The number of benzene rings is 1. The van der Waals surface area contributed by atoms with Crippen molar-refractivity contribution in [2.45, 2.75) is 32.2 Å². The molecule has 5 heteroatoms. The summed E-state index contributed by atoms with van der Waals surface area (Å²) in [5.41, 5.74) is 1.20. The number of aryl methyl sites for hydroxylation is 1. The number of amides is 2. The second-order valence-corrected chi connectivity index (χ2v) is 4.85. The number of rotatable bonds is 7. The van der Waals surface area contributed by atoms with Crippen molar-refractivity contribution in [2.24, 2.45) is 0 Å². The SMILES string of the molecule is CCC(CO)NC(=O)NCCCc1ccc(Cl)cc1. The van der Waals surface area contributed by atoms with E-state index in [9.17, 15) is 4.79 Å². The van der Waals surface area contributed by atoms with Crippen molar-refractivity contribution in [3.05, 3.63) is 34.9 Å². The van der Waals surface area contributed by atoms with E-state index in [-0.39, 0.29) is 18.7 Å². The van der Waals surface area contributed by atoms with Crippen LogP contribution in [0.5, 0.6) is 0 Å². The van der Waals surface area contributed by atoms with Gasteiger partial charge in [0.1, 0.15) is 0 Å². The van der Waals surface area contributed by atoms with Crippen molar-refractivity contribution in [3.8, 4) is 0 Å². The Morgan fingerprint density at radius 2 is 2.05 bits per heavy atom. The van der Waals surface area contributed by atoms with Crippen LogP contribution in [-0.4, -0.2) is 30.3 Å². The third-order valence-corrected chi connectivity index (χ3v) is 3.14. The van der Waals surface area contributed by atoms with Crippen molar-refractivity contribution >= 4 is 17.6 Å². The highest BCUT2D eigenvalue weighted by Crippen LogP contribution is 2.10. The smallest absolute Gasteiger partial charge is 0.315 e. The molecule has 19 heavy (non-hydrogen) atoms. The predicted molar refractivity (Wildman–Crippen MR) is 77.5 cm³/mol. The molecule has 0 aromatic heterocycles. The van der Waals surface area contributed by atoms with Gasteiger partial charge in [-0.1, -0.05) is 30.7 Å². The van der Waals surface area contributed by atoms with Gasteiger partial charge >= 0.3 is 6.03 Å². The lowest BCUT2D eigenvalue weighted by Gasteiger charge is -2.14. The first-order valence-electron chi connectivity index (χ1n) is 6.55. The zero-order valence-corrected chi connectivity index (χ0v) is 11.9. The summed E-state index contributed by atoms with van der Waals surface area (Å²) in [6, 6.07) is 7.31. The average Bonchev–Trinajstić information content (AvgIpc) is 2.43. The Bertz CT molecular complexity index is 378. The molecule has 0 heterocycles. The third-order valence-electron chi connectivity index (χ3n) is 2.89. The van der Waals surface area contributed by atoms with E-state index in [0.29, 0.717) is 13.0 Å². The van der Waals surface area contributed by atoms with E-state index in [1.807, 2.05) is 31.2 Å². The summed E-state index contributed by atoms with van der Waals surface area (Å²) in [5.74, 6) is 0. The molecule has 4 nitrogen and oxygen atoms in total. The summed E-state index contributed by atoms with van der Waals surface area (Å²) in [6.07, 6.45) is 2.48. The van der Waals surface area contributed by atoms with Crippen LogP contribution in [0.25, 0.3) is 0 Å². The number of carbonyl (C=O) groups excluding carboxylic acids is 1. The fraction of sp³-hybridized carbons (Fsp3) is 0.500. The molecule has 0 bridgehead atoms. The van der Waals surface area contributed by atoms with Crippen LogP contribution in [0, 0.1) is 0 Å². The summed E-state index contributed by atoms with van der Waals surface area (Å²) < 4.78 is 0. The number of aliphatic hydroxyl groups excluding tert-OH is 1. The summed E-state index contributed by atoms with van der Waals surface area (Å²) in [7, 11) is 0. The zero-order chi connectivity index (χ0) is 14.1. The predicted octanol–water partition coefficient (Wildman–Crippen LogP) is 2.34. The normalized spacial score (nSPS) is 11.9. The van der Waals surface area contributed by atoms with Crippen LogP contribution >= 0.6 is 11.6 Å². The standard InChI is InChI=1S/C14H21ClN2O2/c1-2-13(10-18)17-14(19)16-9-3-4-11-5-7-12(15)8-6-11/h5-8,13,18H,2-4,9-10H2,1H3,(H2,16,17,19). The van der Waals surface area contributed by atoms with Gasteiger partial charge in [-0.2, -0.15) is 0 Å². The van der Waals surface area contributed by atoms with Crippen LogP contribution < -0.4 is 10.6 Å². The number of halogens is 1. The van der Waals surface area contributed by atoms with Crippen molar-refractivity contribution in [3.63, 3.8) is 0 Å². The molecule has 0 aliphatic rings. The molecule has 0 saturated heterocycles. The molecule has 1 aromatic carbocycles. The molecular formula is C14H21ClN2O2. The first kappa shape index (κ1) is 15.8. The van der Waals surface area contributed by atoms with E-state index in [0.717, 1.165) is 17.9 Å². The van der Waals surface area contributed by atoms with Gasteiger partial charge in [-0.15, -0.1) is 0 Å². The number of hydrogen-bond donors (Lipinski definition) is 3. The molecule has 1 rings (SSSR count). The van der Waals surface area contributed by atoms with E-state index in [1.165, 1.54) is 5.56 Å². The van der Waals surface area contributed by atoms with Crippen molar-refractivity contribution < 1.29 is 9.90 Å². The molecule has 0 aliphatic heterocycles. The highest BCUT2D eigenvalue weighted by atomic mass is 35.5. The van der Waals surface area contributed by atoms with E-state index in [4.69, 9.17) is 16.7 Å². The minimum atomic E-state index is -0.225. The molecule has 1 aromatic rings. The molecule has 0 saturated carbocycles. The molecule has 1 unspecified atom stereocenters. The van der Waals surface area contributed by atoms with E-state index >= 15 is 0 Å². The first-order valence-corrected chi connectivity index (χ1v) is 6.93. The molecule has 1 atom stereocenters. The van der Waals surface area contributed by atoms with Gasteiger partial charge < -0.3 is 15.7 Å². The van der Waals surface area contributed by atoms with Crippen LogP contribution in [0.2, 0.25) is 5.02 Å². The minimum absolute atomic E-state index is 0.0330. The first-order chi connectivity index (χ1) is 9.15. The Morgan fingerprint density at radius 1 is 1.37 bits per heavy atom. The highest BCUT2D eigenvalue weighted by Gasteiger charge is 2.07. The van der Waals surface area contributed by atoms with Crippen LogP contribution in [0.15, 0.2) is 24.3 Å². The van der Waals surface area contributed by atoms with Crippen LogP contribution in [0.4, 0.5) is 4.79 Å². The Balaban J connectivity index is 2.16. The Labute approximate surface area is 119 Å². The fourth-order valence-corrected chi connectivity index (χ4v) is 1.78. The molecule has 106 valence electrons. The molecule has 0 radical (unpaired) electrons. The molecule has 3 N–H and O–H groups in total. The van der Waals surface area contributed by atoms with Gasteiger partial charge in [-0.25, -0.2) is 4.79 Å². The number of aliphatic hydroxyl groups is 1.